The van der Waals surface area contributed by atoms with Crippen LogP contribution in [0.25, 0.3) is 0 Å². The highest BCUT2D eigenvalue weighted by atomic mass is 16.4. The van der Waals surface area contributed by atoms with E-state index < -0.39 is 12.1 Å². The molecule has 0 aromatic heterocycles. The van der Waals surface area contributed by atoms with Crippen LogP contribution in [0.3, 0.4) is 0 Å². The second kappa shape index (κ2) is 8.75. The Morgan fingerprint density at radius 2 is 2.00 bits per heavy atom. The van der Waals surface area contributed by atoms with Crippen molar-refractivity contribution in [2.45, 2.75) is 19.4 Å². The van der Waals surface area contributed by atoms with Crippen molar-refractivity contribution in [3.05, 3.63) is 0 Å². The molecule has 1 unspecified atom stereocenters. The van der Waals surface area contributed by atoms with Gasteiger partial charge >= 0.3 is 12.1 Å². The quantitative estimate of drug-likeness (QED) is 0.387. The number of aliphatic hydroxyl groups is 2. The van der Waals surface area contributed by atoms with Crippen LogP contribution < -0.4 is 11.1 Å². The minimum absolute atomic E-state index is 0.0810. The zero-order chi connectivity index (χ0) is 10.9. The summed E-state index contributed by atoms with van der Waals surface area (Å²) in [7, 11) is 0. The first-order valence-electron chi connectivity index (χ1n) is 3.48. The van der Waals surface area contributed by atoms with Gasteiger partial charge in [-0.25, -0.2) is 14.9 Å². The maximum atomic E-state index is 9.54. The van der Waals surface area contributed by atoms with Gasteiger partial charge in [-0.2, -0.15) is 0 Å². The summed E-state index contributed by atoms with van der Waals surface area (Å²) in [6, 6.07) is -1.06. The Balaban J connectivity index is 0. The average Bonchev–Trinajstić information content (AvgIpc) is 1.83. The number of hydrogen-bond donors (Lipinski definition) is 5. The Kier molecular flexibility index (Phi) is 9.56. The third-order valence-electron chi connectivity index (χ3n) is 0.777. The van der Waals surface area contributed by atoms with E-state index in [4.69, 9.17) is 15.3 Å². The molecule has 0 aliphatic heterocycles. The monoisotopic (exact) mass is 194 g/mol. The first-order chi connectivity index (χ1) is 5.90. The Morgan fingerprint density at radius 3 is 2.00 bits per heavy atom. The molecule has 1 atom stereocenters. The molecular weight excluding hydrogens is 180 g/mol. The van der Waals surface area contributed by atoms with Crippen LogP contribution in [0.15, 0.2) is 0 Å². The fourth-order valence-corrected chi connectivity index (χ4v) is 0.292. The van der Waals surface area contributed by atoms with Crippen molar-refractivity contribution >= 4 is 12.1 Å². The fourth-order valence-electron chi connectivity index (χ4n) is 0.292. The average molecular weight is 194 g/mol. The molecule has 7 nitrogen and oxygen atoms in total. The van der Waals surface area contributed by atoms with Crippen LogP contribution in [0.5, 0.6) is 0 Å². The van der Waals surface area contributed by atoms with Gasteiger partial charge < -0.3 is 21.1 Å². The summed E-state index contributed by atoms with van der Waals surface area (Å²) in [5, 5.41) is 25.5. The fraction of sp³-hybridized carbons (Fsp3) is 0.667. The van der Waals surface area contributed by atoms with Gasteiger partial charge in [0.05, 0.1) is 6.10 Å². The van der Waals surface area contributed by atoms with E-state index in [2.05, 4.69) is 5.73 Å². The number of carbonyl (C=O) groups is 2. The van der Waals surface area contributed by atoms with Crippen LogP contribution >= 0.6 is 0 Å². The van der Waals surface area contributed by atoms with Crippen LogP contribution in [0.1, 0.15) is 13.3 Å². The normalized spacial score (nSPS) is 10.7. The molecule has 0 aliphatic carbocycles. The molecule has 3 amide bonds. The number of rotatable bonds is 2. The molecule has 0 aromatic rings. The van der Waals surface area contributed by atoms with Crippen molar-refractivity contribution < 1.29 is 24.9 Å². The van der Waals surface area contributed by atoms with Gasteiger partial charge in [0, 0.05) is 6.61 Å². The van der Waals surface area contributed by atoms with Gasteiger partial charge in [-0.3, -0.25) is 0 Å². The molecule has 13 heavy (non-hydrogen) atoms. The van der Waals surface area contributed by atoms with Gasteiger partial charge in [-0.05, 0) is 13.3 Å². The number of carboxylic acid groups (broad SMARTS) is 1. The van der Waals surface area contributed by atoms with Crippen molar-refractivity contribution in [1.82, 2.24) is 5.32 Å². The van der Waals surface area contributed by atoms with Crippen molar-refractivity contribution in [2.24, 2.45) is 5.73 Å². The lowest BCUT2D eigenvalue weighted by Gasteiger charge is -1.95. The first kappa shape index (κ1) is 14.2. The second-order valence-electron chi connectivity index (χ2n) is 2.16. The highest BCUT2D eigenvalue weighted by Gasteiger charge is 1.94. The Morgan fingerprint density at radius 1 is 1.54 bits per heavy atom. The van der Waals surface area contributed by atoms with Gasteiger partial charge in [-0.1, -0.05) is 0 Å². The van der Waals surface area contributed by atoms with E-state index in [1.165, 1.54) is 5.32 Å². The van der Waals surface area contributed by atoms with Crippen molar-refractivity contribution in [1.29, 1.82) is 0 Å². The third kappa shape index (κ3) is 25.0. The zero-order valence-electron chi connectivity index (χ0n) is 7.23. The number of carbonyl (C=O) groups excluding carboxylic acids is 1. The van der Waals surface area contributed by atoms with Gasteiger partial charge in [0.1, 0.15) is 0 Å². The molecule has 0 saturated heterocycles. The van der Waals surface area contributed by atoms with Gasteiger partial charge in [0.25, 0.3) is 0 Å². The molecule has 0 spiro atoms. The van der Waals surface area contributed by atoms with E-state index in [-0.39, 0.29) is 12.7 Å². The highest BCUT2D eigenvalue weighted by Crippen LogP contribution is 1.83. The SMILES string of the molecule is CC(O)CCO.NC(=O)NC(=O)O. The second-order valence-corrected chi connectivity index (χ2v) is 2.16. The van der Waals surface area contributed by atoms with Crippen molar-refractivity contribution in [3.8, 4) is 0 Å². The van der Waals surface area contributed by atoms with E-state index in [1.807, 2.05) is 0 Å². The smallest absolute Gasteiger partial charge is 0.412 e. The van der Waals surface area contributed by atoms with Gasteiger partial charge in [0.2, 0.25) is 0 Å². The number of imide groups is 1. The van der Waals surface area contributed by atoms with Gasteiger partial charge in [-0.15, -0.1) is 0 Å². The molecule has 0 radical (unpaired) electrons. The maximum absolute atomic E-state index is 9.54. The molecule has 0 aliphatic rings. The molecule has 0 rings (SSSR count). The number of amides is 3. The Hall–Kier alpha value is -1.34. The lowest BCUT2D eigenvalue weighted by Crippen LogP contribution is -2.33. The van der Waals surface area contributed by atoms with Crippen molar-refractivity contribution in [2.75, 3.05) is 6.61 Å². The number of urea groups is 1. The van der Waals surface area contributed by atoms with Crippen LogP contribution in [-0.4, -0.2) is 40.2 Å². The Bertz CT molecular complexity index is 147. The maximum Gasteiger partial charge on any atom is 0.412 e. The summed E-state index contributed by atoms with van der Waals surface area (Å²) >= 11 is 0. The summed E-state index contributed by atoms with van der Waals surface area (Å²) in [6.07, 6.45) is -1.30. The lowest BCUT2D eigenvalue weighted by atomic mass is 10.3. The van der Waals surface area contributed by atoms with E-state index in [0.29, 0.717) is 6.42 Å². The molecule has 0 heterocycles. The summed E-state index contributed by atoms with van der Waals surface area (Å²) in [6.45, 7) is 1.73. The third-order valence-corrected chi connectivity index (χ3v) is 0.777. The predicted octanol–water partition coefficient (Wildman–Crippen LogP) is -0.918. The molecule has 0 aromatic carbocycles. The van der Waals surface area contributed by atoms with Crippen molar-refractivity contribution in [3.63, 3.8) is 0 Å². The van der Waals surface area contributed by atoms with Gasteiger partial charge in [0.15, 0.2) is 0 Å². The molecule has 0 saturated carbocycles. The molecular formula is C6H14N2O5. The standard InChI is InChI=1S/C4H10O2.C2H4N2O3/c1-4(6)2-3-5;3-1(5)4-2(6)7/h4-6H,2-3H2,1H3;(H,6,7)(H3,3,4,5). The van der Waals surface area contributed by atoms with E-state index in [1.54, 1.807) is 6.92 Å². The van der Waals surface area contributed by atoms with Crippen LogP contribution in [0, 0.1) is 0 Å². The Labute approximate surface area is 75.2 Å². The van der Waals surface area contributed by atoms with E-state index >= 15 is 0 Å². The molecule has 78 valence electrons. The molecule has 7 heteroatoms. The minimum Gasteiger partial charge on any atom is -0.465 e. The lowest BCUT2D eigenvalue weighted by molar-refractivity contribution is 0.148. The summed E-state index contributed by atoms with van der Waals surface area (Å²) in [4.78, 5) is 18.9. The number of nitrogens with two attached hydrogens (primary N) is 1. The largest absolute Gasteiger partial charge is 0.465 e. The van der Waals surface area contributed by atoms with Crippen LogP contribution in [0.2, 0.25) is 0 Å². The highest BCUT2D eigenvalue weighted by molar-refractivity contribution is 5.88. The number of primary amides is 1. The van der Waals surface area contributed by atoms with E-state index in [0.717, 1.165) is 0 Å². The predicted molar refractivity (Wildman–Crippen MR) is 44.1 cm³/mol. The topological polar surface area (TPSA) is 133 Å². The number of nitrogens with one attached hydrogen (secondary N) is 1. The summed E-state index contributed by atoms with van der Waals surface area (Å²) in [5.74, 6) is 0. The summed E-state index contributed by atoms with van der Waals surface area (Å²) < 4.78 is 0. The van der Waals surface area contributed by atoms with Crippen LogP contribution in [-0.2, 0) is 0 Å². The summed E-state index contributed by atoms with van der Waals surface area (Å²) in [5.41, 5.74) is 4.36. The molecule has 6 N–H and O–H groups in total. The number of aliphatic hydroxyl groups excluding tert-OH is 2. The minimum atomic E-state index is -1.44. The molecule has 0 bridgehead atoms. The van der Waals surface area contributed by atoms with E-state index in [9.17, 15) is 9.59 Å². The number of hydrogen-bond acceptors (Lipinski definition) is 4. The first-order valence-corrected chi connectivity index (χ1v) is 3.48. The van der Waals surface area contributed by atoms with Crippen LogP contribution in [0.4, 0.5) is 9.59 Å². The zero-order valence-corrected chi connectivity index (χ0v) is 7.23. The molecule has 0 fully saturated rings.